The number of likely N-dealkylation sites (N-methyl/N-ethyl adjacent to an activating group) is 1. The molecule has 0 aliphatic carbocycles. The molecule has 0 aromatic heterocycles. The minimum absolute atomic E-state index is 0.0524. The Morgan fingerprint density at radius 1 is 0.385 bits per heavy atom. The second kappa shape index (κ2) is 71.7. The van der Waals surface area contributed by atoms with E-state index in [1.54, 1.807) is 6.08 Å². The molecule has 0 aromatic carbocycles. The van der Waals surface area contributed by atoms with Crippen LogP contribution >= 0.6 is 7.82 Å². The van der Waals surface area contributed by atoms with Gasteiger partial charge < -0.3 is 19.8 Å². The van der Waals surface area contributed by atoms with Crippen LogP contribution in [-0.2, 0) is 18.4 Å². The number of unbranched alkanes of at least 4 members (excludes halogenated alkanes) is 45. The number of aliphatic hydroxyl groups is 1. The maximum Gasteiger partial charge on any atom is 0.472 e. The molecule has 0 spiro atoms. The summed E-state index contributed by atoms with van der Waals surface area (Å²) < 4.78 is 23.8. The van der Waals surface area contributed by atoms with Gasteiger partial charge in [0.15, 0.2) is 0 Å². The van der Waals surface area contributed by atoms with Gasteiger partial charge in [-0.2, -0.15) is 0 Å². The van der Waals surface area contributed by atoms with Crippen molar-refractivity contribution in [3.63, 3.8) is 0 Å². The highest BCUT2D eigenvalue weighted by Gasteiger charge is 2.28. The monoisotopic (exact) mass is 1290 g/mol. The molecule has 9 heteroatoms. The van der Waals surface area contributed by atoms with Crippen molar-refractivity contribution < 1.29 is 32.9 Å². The van der Waals surface area contributed by atoms with E-state index >= 15 is 0 Å². The summed E-state index contributed by atoms with van der Waals surface area (Å²) in [5.74, 6) is -0.186. The van der Waals surface area contributed by atoms with E-state index in [2.05, 4.69) is 104 Å². The summed E-state index contributed by atoms with van der Waals surface area (Å²) in [6.07, 6.45) is 105. The van der Waals surface area contributed by atoms with Crippen molar-refractivity contribution in [3.8, 4) is 0 Å². The predicted molar refractivity (Wildman–Crippen MR) is 401 cm³/mol. The average Bonchev–Trinajstić information content (AvgIpc) is 3.58. The molecule has 0 radical (unpaired) electrons. The highest BCUT2D eigenvalue weighted by atomic mass is 31.2. The van der Waals surface area contributed by atoms with Gasteiger partial charge >= 0.3 is 7.82 Å². The summed E-state index contributed by atoms with van der Waals surface area (Å²) in [7, 11) is 1.55. The van der Waals surface area contributed by atoms with Gasteiger partial charge in [0.1, 0.15) is 13.2 Å². The quantitative estimate of drug-likeness (QED) is 0.0243. The molecular formula is C82H152N2O6P+. The van der Waals surface area contributed by atoms with E-state index in [9.17, 15) is 19.4 Å². The van der Waals surface area contributed by atoms with Gasteiger partial charge in [0, 0.05) is 6.42 Å². The third kappa shape index (κ3) is 74.7. The number of carbonyl (C=O) groups excluding carboxylic acids is 1. The molecule has 0 fully saturated rings. The van der Waals surface area contributed by atoms with Crippen molar-refractivity contribution in [1.82, 2.24) is 5.32 Å². The highest BCUT2D eigenvalue weighted by Crippen LogP contribution is 2.43. The van der Waals surface area contributed by atoms with E-state index in [4.69, 9.17) is 9.05 Å². The first kappa shape index (κ1) is 88.4. The zero-order valence-electron chi connectivity index (χ0n) is 60.8. The Labute approximate surface area is 566 Å². The Morgan fingerprint density at radius 2 is 0.670 bits per heavy atom. The van der Waals surface area contributed by atoms with Gasteiger partial charge in [0.05, 0.1) is 39.9 Å². The molecule has 0 aliphatic rings. The van der Waals surface area contributed by atoms with Crippen LogP contribution in [0.25, 0.3) is 0 Å². The lowest BCUT2D eigenvalue weighted by molar-refractivity contribution is -0.870. The Morgan fingerprint density at radius 3 is 1.01 bits per heavy atom. The Balaban J connectivity index is 4.02. The van der Waals surface area contributed by atoms with Crippen molar-refractivity contribution in [2.24, 2.45) is 0 Å². The molecule has 0 bridgehead atoms. The minimum atomic E-state index is -4.37. The predicted octanol–water partition coefficient (Wildman–Crippen LogP) is 25.6. The molecule has 3 unspecified atom stereocenters. The van der Waals surface area contributed by atoms with Crippen LogP contribution in [0, 0.1) is 0 Å². The fraction of sp³-hybridized carbons (Fsp3) is 0.793. The first-order chi connectivity index (χ1) is 44.5. The van der Waals surface area contributed by atoms with Crippen molar-refractivity contribution in [2.75, 3.05) is 40.9 Å². The normalized spacial score (nSPS) is 14.1. The Kier molecular flexibility index (Phi) is 69.7. The molecule has 0 saturated carbocycles. The summed E-state index contributed by atoms with van der Waals surface area (Å²) in [4.78, 5) is 23.5. The SMILES string of the molecule is CC/C=C\C/C=C\C/C=C\C/C=C\C/C=C\CCCCCCCCCCCCCCCCCCCCCCCCCC(=O)NC(COP(=O)(O)OCC[N+](C)(C)C)C(O)/C=C/CC/C=C/CC/C=C/CCCCCCCCCCCCCCCCCCCCCC. The standard InChI is InChI=1S/C82H151N2O6P/c1-6-8-10-12-14-16-18-20-22-24-26-28-30-32-34-36-38-39-40-41-42-43-44-45-46-48-50-52-54-56-58-60-62-64-66-68-70-72-74-76-82(86)83-80(79-90-91(87,88)89-78-77-84(3,4)5)81(85)75-73-71-69-67-65-63-61-59-57-55-53-51-49-47-37-35-33-31-29-27-25-23-21-19-17-15-13-11-9-7-2/h8,10,14,16,20,22,26,28,32,34,57,59,65,67,73,75,80-81,85H,6-7,9,11-13,15,17-19,21,23-25,27,29-31,33,35-56,58,60-64,66,68-72,74,76-79H2,1-5H3,(H-,83,86,87,88)/p+1/b10-8-,16-14-,22-20-,28-26-,34-32-,59-57+,67-65+,75-73+. The molecular weight excluding hydrogens is 1140 g/mol. The molecule has 0 rings (SSSR count). The second-order valence-electron chi connectivity index (χ2n) is 27.7. The van der Waals surface area contributed by atoms with Crippen molar-refractivity contribution in [2.45, 2.75) is 379 Å². The van der Waals surface area contributed by atoms with E-state index in [1.807, 2.05) is 27.2 Å². The molecule has 530 valence electrons. The van der Waals surface area contributed by atoms with Gasteiger partial charge in [-0.15, -0.1) is 0 Å². The van der Waals surface area contributed by atoms with Gasteiger partial charge in [-0.05, 0) is 89.9 Å². The topological polar surface area (TPSA) is 105 Å². The fourth-order valence-electron chi connectivity index (χ4n) is 11.5. The number of carbonyl (C=O) groups is 1. The number of phosphoric ester groups is 1. The van der Waals surface area contributed by atoms with Crippen LogP contribution < -0.4 is 5.32 Å². The molecule has 0 saturated heterocycles. The molecule has 8 nitrogen and oxygen atoms in total. The average molecular weight is 1290 g/mol. The third-order valence-corrected chi connectivity index (χ3v) is 18.5. The van der Waals surface area contributed by atoms with Crippen LogP contribution in [0.5, 0.6) is 0 Å². The van der Waals surface area contributed by atoms with Gasteiger partial charge in [-0.25, -0.2) is 4.57 Å². The zero-order valence-corrected chi connectivity index (χ0v) is 61.7. The third-order valence-electron chi connectivity index (χ3n) is 17.5. The fourth-order valence-corrected chi connectivity index (χ4v) is 12.3. The summed E-state index contributed by atoms with van der Waals surface area (Å²) >= 11 is 0. The van der Waals surface area contributed by atoms with Crippen molar-refractivity contribution in [3.05, 3.63) is 97.2 Å². The smallest absolute Gasteiger partial charge is 0.387 e. The highest BCUT2D eigenvalue weighted by molar-refractivity contribution is 7.47. The summed E-state index contributed by atoms with van der Waals surface area (Å²) in [6.45, 7) is 4.72. The molecule has 91 heavy (non-hydrogen) atoms. The number of phosphoric acid groups is 1. The molecule has 3 N–H and O–H groups in total. The maximum atomic E-state index is 13.1. The minimum Gasteiger partial charge on any atom is -0.387 e. The van der Waals surface area contributed by atoms with Crippen LogP contribution in [0.4, 0.5) is 0 Å². The maximum absolute atomic E-state index is 13.1. The van der Waals surface area contributed by atoms with Gasteiger partial charge in [-0.1, -0.05) is 368 Å². The van der Waals surface area contributed by atoms with Crippen molar-refractivity contribution >= 4 is 13.7 Å². The molecule has 0 aromatic rings. The van der Waals surface area contributed by atoms with E-state index in [0.717, 1.165) is 77.0 Å². The Hall–Kier alpha value is -2.58. The largest absolute Gasteiger partial charge is 0.472 e. The van der Waals surface area contributed by atoms with Crippen LogP contribution in [0.3, 0.4) is 0 Å². The van der Waals surface area contributed by atoms with Crippen molar-refractivity contribution in [1.29, 1.82) is 0 Å². The number of hydrogen-bond donors (Lipinski definition) is 3. The van der Waals surface area contributed by atoms with E-state index in [1.165, 1.54) is 270 Å². The van der Waals surface area contributed by atoms with Gasteiger partial charge in [-0.3, -0.25) is 13.8 Å². The van der Waals surface area contributed by atoms with Crippen LogP contribution in [0.15, 0.2) is 97.2 Å². The summed E-state index contributed by atoms with van der Waals surface area (Å²) in [5.41, 5.74) is 0. The first-order valence-corrected chi connectivity index (χ1v) is 40.6. The molecule has 0 aliphatic heterocycles. The summed E-state index contributed by atoms with van der Waals surface area (Å²) in [5, 5.41) is 14.0. The molecule has 1 amide bonds. The van der Waals surface area contributed by atoms with Crippen LogP contribution in [0.1, 0.15) is 367 Å². The number of quaternary nitrogens is 1. The van der Waals surface area contributed by atoms with Gasteiger partial charge in [0.25, 0.3) is 0 Å². The number of nitrogens with one attached hydrogen (secondary N) is 1. The number of nitrogens with zero attached hydrogens (tertiary/aromatic N) is 1. The Bertz CT molecular complexity index is 1810. The lowest BCUT2D eigenvalue weighted by Gasteiger charge is -2.25. The van der Waals surface area contributed by atoms with E-state index in [0.29, 0.717) is 17.4 Å². The van der Waals surface area contributed by atoms with E-state index < -0.39 is 20.0 Å². The number of rotatable bonds is 72. The van der Waals surface area contributed by atoms with Crippen LogP contribution in [-0.4, -0.2) is 73.4 Å². The number of hydrogen-bond acceptors (Lipinski definition) is 5. The van der Waals surface area contributed by atoms with Gasteiger partial charge in [0.2, 0.25) is 5.91 Å². The first-order valence-electron chi connectivity index (χ1n) is 39.1. The van der Waals surface area contributed by atoms with E-state index in [-0.39, 0.29) is 19.1 Å². The number of aliphatic hydroxyl groups excluding tert-OH is 1. The second-order valence-corrected chi connectivity index (χ2v) is 29.1. The lowest BCUT2D eigenvalue weighted by Crippen LogP contribution is -2.45. The number of amides is 1. The molecule has 0 heterocycles. The zero-order chi connectivity index (χ0) is 66.2. The molecule has 3 atom stereocenters. The number of allylic oxidation sites excluding steroid dienone is 15. The van der Waals surface area contributed by atoms with Crippen LogP contribution in [0.2, 0.25) is 0 Å². The lowest BCUT2D eigenvalue weighted by atomic mass is 10.0. The summed E-state index contributed by atoms with van der Waals surface area (Å²) in [6, 6.07) is -0.875.